The molecule has 0 heterocycles. The minimum absolute atomic E-state index is 0.347. The summed E-state index contributed by atoms with van der Waals surface area (Å²) in [5.41, 5.74) is 0. The predicted octanol–water partition coefficient (Wildman–Crippen LogP) is 2.91. The number of rotatable bonds is 0. The van der Waals surface area contributed by atoms with E-state index in [4.69, 9.17) is 31.6 Å². The van der Waals surface area contributed by atoms with Crippen LogP contribution >= 0.6 is 44.6 Å². The van der Waals surface area contributed by atoms with Crippen molar-refractivity contribution in [1.29, 1.82) is 0 Å². The van der Waals surface area contributed by atoms with E-state index >= 15 is 0 Å². The first kappa shape index (κ1) is 12.1. The molecule has 1 rings (SSSR count). The van der Waals surface area contributed by atoms with Gasteiger partial charge in [-0.15, -0.1) is 23.2 Å². The molecule has 0 N–H and O–H groups in total. The van der Waals surface area contributed by atoms with Crippen LogP contribution in [0.2, 0.25) is 0 Å². The summed E-state index contributed by atoms with van der Waals surface area (Å²) in [4.78, 5) is 0. The number of hydrogen-bond acceptors (Lipinski definition) is 2. The first-order valence-electron chi connectivity index (χ1n) is 2.65. The average Bonchev–Trinajstić information content (AvgIpc) is 2.04. The number of halogens is 4. The standard InChI is InChI=1S/C4H6Cl2.Cl2O2S/c1-3-2-4(3,5)6;1-5(2,3)4/h3H,2H2,1H3;. The lowest BCUT2D eigenvalue weighted by Gasteiger charge is -1.85. The zero-order valence-electron chi connectivity index (χ0n) is 5.52. The van der Waals surface area contributed by atoms with Crippen LogP contribution in [0.4, 0.5) is 0 Å². The molecule has 0 aliphatic heterocycles. The Kier molecular flexibility index (Phi) is 4.27. The van der Waals surface area contributed by atoms with Crippen LogP contribution in [0.5, 0.6) is 0 Å². The second-order valence-corrected chi connectivity index (χ2v) is 7.46. The van der Waals surface area contributed by atoms with Gasteiger partial charge in [-0.1, -0.05) is 6.92 Å². The van der Waals surface area contributed by atoms with Gasteiger partial charge in [0, 0.05) is 21.4 Å². The summed E-state index contributed by atoms with van der Waals surface area (Å²) >= 11 is 11.1. The maximum absolute atomic E-state index is 9.16. The van der Waals surface area contributed by atoms with Gasteiger partial charge in [0.05, 0.1) is 0 Å². The summed E-state index contributed by atoms with van der Waals surface area (Å²) in [5.74, 6) is 0.529. The molecule has 68 valence electrons. The van der Waals surface area contributed by atoms with Crippen LogP contribution in [0.25, 0.3) is 0 Å². The van der Waals surface area contributed by atoms with Gasteiger partial charge in [-0.25, -0.2) is 0 Å². The molecule has 1 aliphatic rings. The van der Waals surface area contributed by atoms with E-state index in [1.54, 1.807) is 0 Å². The molecule has 0 spiro atoms. The van der Waals surface area contributed by atoms with Crippen molar-refractivity contribution < 1.29 is 8.42 Å². The van der Waals surface area contributed by atoms with Gasteiger partial charge in [0.25, 0.3) is 0 Å². The Morgan fingerprint density at radius 1 is 1.36 bits per heavy atom. The number of alkyl halides is 2. The highest BCUT2D eigenvalue weighted by molar-refractivity contribution is 8.31. The zero-order chi connectivity index (χ0) is 9.28. The fourth-order valence-corrected chi connectivity index (χ4v) is 0.812. The van der Waals surface area contributed by atoms with Gasteiger partial charge >= 0.3 is 8.26 Å². The molecule has 0 saturated heterocycles. The van der Waals surface area contributed by atoms with Crippen LogP contribution < -0.4 is 0 Å². The molecule has 1 aliphatic carbocycles. The van der Waals surface area contributed by atoms with Gasteiger partial charge in [0.15, 0.2) is 0 Å². The van der Waals surface area contributed by atoms with Gasteiger partial charge in [-0.05, 0) is 12.3 Å². The molecule has 0 aromatic heterocycles. The highest BCUT2D eigenvalue weighted by atomic mass is 36.0. The molecule has 0 radical (unpaired) electrons. The smallest absolute Gasteiger partial charge is 0.195 e. The maximum atomic E-state index is 9.16. The quantitative estimate of drug-likeness (QED) is 0.495. The lowest BCUT2D eigenvalue weighted by Crippen LogP contribution is -1.81. The highest BCUT2D eigenvalue weighted by Gasteiger charge is 2.47. The number of hydrogen-bond donors (Lipinski definition) is 0. The van der Waals surface area contributed by atoms with Crippen molar-refractivity contribution in [3.63, 3.8) is 0 Å². The first-order chi connectivity index (χ1) is 4.63. The fraction of sp³-hybridized carbons (Fsp3) is 1.00. The average molecular weight is 260 g/mol. The van der Waals surface area contributed by atoms with Gasteiger partial charge in [-0.2, -0.15) is 8.42 Å². The normalized spacial score (nSPS) is 26.8. The van der Waals surface area contributed by atoms with Crippen molar-refractivity contribution in [2.45, 2.75) is 17.7 Å². The molecule has 1 atom stereocenters. The molecule has 7 heteroatoms. The molecule has 0 aromatic carbocycles. The summed E-state index contributed by atoms with van der Waals surface area (Å²) in [6.07, 6.45) is 0.968. The summed E-state index contributed by atoms with van der Waals surface area (Å²) in [5, 5.41) is 0. The Balaban J connectivity index is 0.000000187. The Hall–Kier alpha value is 1.11. The molecular formula is C4H6Cl4O2S. The van der Waals surface area contributed by atoms with Gasteiger partial charge in [0.2, 0.25) is 0 Å². The third kappa shape index (κ3) is 9.02. The second-order valence-electron chi connectivity index (χ2n) is 2.24. The Bertz CT molecular complexity index is 214. The van der Waals surface area contributed by atoms with Gasteiger partial charge < -0.3 is 0 Å². The maximum Gasteiger partial charge on any atom is 0.317 e. The molecule has 1 fully saturated rings. The molecule has 1 unspecified atom stereocenters. The lowest BCUT2D eigenvalue weighted by atomic mass is 10.5. The van der Waals surface area contributed by atoms with Crippen molar-refractivity contribution in [2.75, 3.05) is 0 Å². The summed E-state index contributed by atoms with van der Waals surface area (Å²) < 4.78 is 18.0. The van der Waals surface area contributed by atoms with Crippen molar-refractivity contribution in [1.82, 2.24) is 0 Å². The van der Waals surface area contributed by atoms with E-state index in [2.05, 4.69) is 21.4 Å². The third-order valence-corrected chi connectivity index (χ3v) is 2.19. The van der Waals surface area contributed by atoms with Crippen molar-refractivity contribution in [2.24, 2.45) is 5.92 Å². The van der Waals surface area contributed by atoms with E-state index < -0.39 is 8.26 Å². The fourth-order valence-electron chi connectivity index (χ4n) is 0.349. The van der Waals surface area contributed by atoms with Gasteiger partial charge in [-0.3, -0.25) is 0 Å². The topological polar surface area (TPSA) is 34.1 Å². The predicted molar refractivity (Wildman–Crippen MR) is 48.8 cm³/mol. The van der Waals surface area contributed by atoms with E-state index in [0.717, 1.165) is 6.42 Å². The van der Waals surface area contributed by atoms with Crippen LogP contribution in [0, 0.1) is 5.92 Å². The molecule has 2 nitrogen and oxygen atoms in total. The van der Waals surface area contributed by atoms with Crippen LogP contribution in [0.1, 0.15) is 13.3 Å². The van der Waals surface area contributed by atoms with E-state index in [-0.39, 0.29) is 4.33 Å². The van der Waals surface area contributed by atoms with E-state index in [0.29, 0.717) is 5.92 Å². The lowest BCUT2D eigenvalue weighted by molar-refractivity contribution is 0.621. The minimum atomic E-state index is -3.72. The summed E-state index contributed by atoms with van der Waals surface area (Å²) in [6.45, 7) is 2.04. The Morgan fingerprint density at radius 2 is 1.45 bits per heavy atom. The first-order valence-corrected chi connectivity index (χ1v) is 6.54. The monoisotopic (exact) mass is 258 g/mol. The zero-order valence-corrected chi connectivity index (χ0v) is 9.36. The Morgan fingerprint density at radius 3 is 1.45 bits per heavy atom. The highest BCUT2D eigenvalue weighted by Crippen LogP contribution is 2.52. The van der Waals surface area contributed by atoms with Crippen LogP contribution in [0.3, 0.4) is 0 Å². The van der Waals surface area contributed by atoms with Crippen molar-refractivity contribution >= 4 is 52.8 Å². The molecule has 11 heavy (non-hydrogen) atoms. The van der Waals surface area contributed by atoms with E-state index in [9.17, 15) is 0 Å². The van der Waals surface area contributed by atoms with Crippen LogP contribution in [-0.4, -0.2) is 12.8 Å². The van der Waals surface area contributed by atoms with Crippen LogP contribution in [-0.2, 0) is 8.26 Å². The summed E-state index contributed by atoms with van der Waals surface area (Å²) in [6, 6.07) is 0. The second kappa shape index (κ2) is 3.88. The molecule has 0 aromatic rings. The molecule has 1 saturated carbocycles. The largest absolute Gasteiger partial charge is 0.317 e. The van der Waals surface area contributed by atoms with E-state index in [1.165, 1.54) is 0 Å². The summed E-state index contributed by atoms with van der Waals surface area (Å²) in [7, 11) is 4.81. The molecule has 0 bridgehead atoms. The van der Waals surface area contributed by atoms with Crippen molar-refractivity contribution in [3.8, 4) is 0 Å². The van der Waals surface area contributed by atoms with E-state index in [1.807, 2.05) is 6.92 Å². The molecule has 0 amide bonds. The van der Waals surface area contributed by atoms with Gasteiger partial charge in [0.1, 0.15) is 4.33 Å². The Labute approximate surface area is 84.7 Å². The third-order valence-electron chi connectivity index (χ3n) is 1.14. The van der Waals surface area contributed by atoms with Crippen LogP contribution in [0.15, 0.2) is 0 Å². The molecular weight excluding hydrogens is 254 g/mol. The van der Waals surface area contributed by atoms with Crippen molar-refractivity contribution in [3.05, 3.63) is 0 Å². The minimum Gasteiger partial charge on any atom is -0.195 e. The SMILES string of the molecule is CC1CC1(Cl)Cl.O=S(=O)(Cl)Cl.